The number of hydrogen-bond donors (Lipinski definition) is 2. The molecule has 6 heteroatoms. The molecule has 0 radical (unpaired) electrons. The molecule has 1 aromatic rings. The van der Waals surface area contributed by atoms with Gasteiger partial charge in [0.1, 0.15) is 10.7 Å². The van der Waals surface area contributed by atoms with Gasteiger partial charge in [0.05, 0.1) is 0 Å². The average molecular weight is 254 g/mol. The molecule has 5 nitrogen and oxygen atoms in total. The maximum atomic E-state index is 12.2. The molecule has 0 aliphatic carbocycles. The van der Waals surface area contributed by atoms with E-state index in [1.54, 1.807) is 7.05 Å². The molecule has 1 saturated heterocycles. The molecular weight excluding hydrogens is 236 g/mol. The van der Waals surface area contributed by atoms with Gasteiger partial charge < -0.3 is 16.0 Å². The molecule has 1 atom stereocenters. The van der Waals surface area contributed by atoms with Gasteiger partial charge in [0.15, 0.2) is 5.13 Å². The molecule has 3 N–H and O–H groups in total. The van der Waals surface area contributed by atoms with Crippen LogP contribution in [-0.4, -0.2) is 35.9 Å². The Hall–Kier alpha value is -1.30. The van der Waals surface area contributed by atoms with E-state index in [2.05, 4.69) is 17.2 Å². The minimum atomic E-state index is 0.0254. The molecule has 0 bridgehead atoms. The number of aromatic nitrogens is 1. The molecule has 17 heavy (non-hydrogen) atoms. The Morgan fingerprint density at radius 1 is 1.71 bits per heavy atom. The van der Waals surface area contributed by atoms with Gasteiger partial charge in [0, 0.05) is 20.1 Å². The van der Waals surface area contributed by atoms with Crippen molar-refractivity contribution < 1.29 is 4.79 Å². The molecule has 2 heterocycles. The molecule has 0 aromatic carbocycles. The van der Waals surface area contributed by atoms with Gasteiger partial charge in [-0.2, -0.15) is 0 Å². The van der Waals surface area contributed by atoms with Crippen molar-refractivity contribution in [1.29, 1.82) is 0 Å². The fourth-order valence-corrected chi connectivity index (χ4v) is 2.89. The van der Waals surface area contributed by atoms with Crippen LogP contribution in [0.15, 0.2) is 0 Å². The summed E-state index contributed by atoms with van der Waals surface area (Å²) in [6.45, 7) is 3.85. The predicted octanol–water partition coefficient (Wildman–Crippen LogP) is 1.64. The molecule has 1 amide bonds. The number of hydrogen-bond acceptors (Lipinski definition) is 5. The summed E-state index contributed by atoms with van der Waals surface area (Å²) in [5.74, 6) is 0.999. The zero-order valence-electron chi connectivity index (χ0n) is 10.2. The van der Waals surface area contributed by atoms with Gasteiger partial charge in [-0.05, 0) is 12.3 Å². The summed E-state index contributed by atoms with van der Waals surface area (Å²) >= 11 is 1.32. The van der Waals surface area contributed by atoms with Crippen LogP contribution in [-0.2, 0) is 0 Å². The summed E-state index contributed by atoms with van der Waals surface area (Å²) in [6.07, 6.45) is 2.23. The lowest BCUT2D eigenvalue weighted by atomic mass is 10.1. The van der Waals surface area contributed by atoms with E-state index in [0.29, 0.717) is 21.7 Å². The van der Waals surface area contributed by atoms with E-state index in [1.165, 1.54) is 11.3 Å². The first-order chi connectivity index (χ1) is 8.15. The molecular formula is C11H18N4OS. The van der Waals surface area contributed by atoms with Crippen molar-refractivity contribution in [3.05, 3.63) is 4.88 Å². The third-order valence-corrected chi connectivity index (χ3v) is 4.29. The normalized spacial score (nSPS) is 19.6. The van der Waals surface area contributed by atoms with E-state index in [1.807, 2.05) is 4.90 Å². The third-order valence-electron chi connectivity index (χ3n) is 3.21. The number of nitrogens with two attached hydrogens (primary N) is 1. The standard InChI is InChI=1S/C11H18N4OS/c1-3-7-4-5-15(6-7)10(16)8-9(12)14-11(13-2)17-8/h7H,3-6,12H2,1-2H3,(H,13,14). The van der Waals surface area contributed by atoms with Crippen LogP contribution in [0.3, 0.4) is 0 Å². The minimum Gasteiger partial charge on any atom is -0.382 e. The average Bonchev–Trinajstić information content (AvgIpc) is 2.94. The van der Waals surface area contributed by atoms with E-state index < -0.39 is 0 Å². The Kier molecular flexibility index (Phi) is 3.51. The summed E-state index contributed by atoms with van der Waals surface area (Å²) in [6, 6.07) is 0. The summed E-state index contributed by atoms with van der Waals surface area (Å²) in [7, 11) is 1.77. The highest BCUT2D eigenvalue weighted by Gasteiger charge is 2.28. The summed E-state index contributed by atoms with van der Waals surface area (Å²) in [5.41, 5.74) is 5.76. The Labute approximate surface area is 105 Å². The van der Waals surface area contributed by atoms with Crippen molar-refractivity contribution in [2.24, 2.45) is 5.92 Å². The summed E-state index contributed by atoms with van der Waals surface area (Å²) in [4.78, 5) is 18.8. The first kappa shape index (κ1) is 12.2. The molecule has 2 rings (SSSR count). The number of nitrogens with zero attached hydrogens (tertiary/aromatic N) is 2. The van der Waals surface area contributed by atoms with Crippen molar-refractivity contribution in [2.75, 3.05) is 31.2 Å². The zero-order valence-corrected chi connectivity index (χ0v) is 11.0. The Morgan fingerprint density at radius 2 is 2.47 bits per heavy atom. The second-order valence-electron chi connectivity index (χ2n) is 4.30. The van der Waals surface area contributed by atoms with Crippen LogP contribution in [0, 0.1) is 5.92 Å². The number of nitrogen functional groups attached to an aromatic ring is 1. The van der Waals surface area contributed by atoms with E-state index >= 15 is 0 Å². The highest BCUT2D eigenvalue weighted by Crippen LogP contribution is 2.28. The maximum absolute atomic E-state index is 12.2. The number of carbonyl (C=O) groups is 1. The van der Waals surface area contributed by atoms with Crippen molar-refractivity contribution in [2.45, 2.75) is 19.8 Å². The van der Waals surface area contributed by atoms with E-state index in [4.69, 9.17) is 5.73 Å². The molecule has 0 spiro atoms. The van der Waals surface area contributed by atoms with Crippen LogP contribution in [0.25, 0.3) is 0 Å². The van der Waals surface area contributed by atoms with Crippen molar-refractivity contribution in [3.8, 4) is 0 Å². The lowest BCUT2D eigenvalue weighted by Gasteiger charge is -2.15. The molecule has 1 fully saturated rings. The monoisotopic (exact) mass is 254 g/mol. The SMILES string of the molecule is CCC1CCN(C(=O)c2sc(NC)nc2N)C1. The largest absolute Gasteiger partial charge is 0.382 e. The quantitative estimate of drug-likeness (QED) is 0.860. The van der Waals surface area contributed by atoms with E-state index in [9.17, 15) is 4.79 Å². The number of rotatable bonds is 3. The van der Waals surface area contributed by atoms with Crippen molar-refractivity contribution in [3.63, 3.8) is 0 Å². The number of amides is 1. The zero-order chi connectivity index (χ0) is 12.4. The second kappa shape index (κ2) is 4.91. The van der Waals surface area contributed by atoms with E-state index in [0.717, 1.165) is 25.9 Å². The Balaban J connectivity index is 2.11. The maximum Gasteiger partial charge on any atom is 0.267 e. The number of nitrogens with one attached hydrogen (secondary N) is 1. The van der Waals surface area contributed by atoms with Gasteiger partial charge in [-0.1, -0.05) is 24.7 Å². The lowest BCUT2D eigenvalue weighted by molar-refractivity contribution is 0.0792. The van der Waals surface area contributed by atoms with Crippen molar-refractivity contribution in [1.82, 2.24) is 9.88 Å². The second-order valence-corrected chi connectivity index (χ2v) is 5.30. The van der Waals surface area contributed by atoms with Gasteiger partial charge in [-0.3, -0.25) is 4.79 Å². The topological polar surface area (TPSA) is 71.2 Å². The fraction of sp³-hybridized carbons (Fsp3) is 0.636. The minimum absolute atomic E-state index is 0.0254. The van der Waals surface area contributed by atoms with Crippen LogP contribution in [0.1, 0.15) is 29.4 Å². The van der Waals surface area contributed by atoms with Gasteiger partial charge in [0.25, 0.3) is 5.91 Å². The Bertz CT molecular complexity index is 418. The van der Waals surface area contributed by atoms with Gasteiger partial charge in [0.2, 0.25) is 0 Å². The molecule has 1 aliphatic rings. The summed E-state index contributed by atoms with van der Waals surface area (Å²) < 4.78 is 0. The molecule has 1 unspecified atom stereocenters. The first-order valence-corrected chi connectivity index (χ1v) is 6.70. The van der Waals surface area contributed by atoms with Crippen LogP contribution in [0.4, 0.5) is 10.9 Å². The van der Waals surface area contributed by atoms with E-state index in [-0.39, 0.29) is 5.91 Å². The third kappa shape index (κ3) is 2.36. The first-order valence-electron chi connectivity index (χ1n) is 5.89. The van der Waals surface area contributed by atoms with Crippen molar-refractivity contribution >= 4 is 28.2 Å². The molecule has 1 aliphatic heterocycles. The molecule has 1 aromatic heterocycles. The number of likely N-dealkylation sites (tertiary alicyclic amines) is 1. The van der Waals surface area contributed by atoms with Gasteiger partial charge in [-0.15, -0.1) is 0 Å². The van der Waals surface area contributed by atoms with Gasteiger partial charge in [-0.25, -0.2) is 4.98 Å². The van der Waals surface area contributed by atoms with Crippen LogP contribution >= 0.6 is 11.3 Å². The highest BCUT2D eigenvalue weighted by atomic mass is 32.1. The smallest absolute Gasteiger partial charge is 0.267 e. The number of thiazole rings is 1. The Morgan fingerprint density at radius 3 is 3.00 bits per heavy atom. The van der Waals surface area contributed by atoms with Crippen LogP contribution < -0.4 is 11.1 Å². The number of anilines is 2. The molecule has 0 saturated carbocycles. The summed E-state index contributed by atoms with van der Waals surface area (Å²) in [5, 5.41) is 3.60. The highest BCUT2D eigenvalue weighted by molar-refractivity contribution is 7.18. The molecule has 94 valence electrons. The van der Waals surface area contributed by atoms with Gasteiger partial charge >= 0.3 is 0 Å². The predicted molar refractivity (Wildman–Crippen MR) is 70.4 cm³/mol. The fourth-order valence-electron chi connectivity index (χ4n) is 2.09. The van der Waals surface area contributed by atoms with Crippen LogP contribution in [0.2, 0.25) is 0 Å². The lowest BCUT2D eigenvalue weighted by Crippen LogP contribution is -2.28. The van der Waals surface area contributed by atoms with Crippen LogP contribution in [0.5, 0.6) is 0 Å². The number of carbonyl (C=O) groups excluding carboxylic acids is 1.